The van der Waals surface area contributed by atoms with Gasteiger partial charge in [0.05, 0.1) is 6.42 Å². The standard InChI is InChI=1S/C12H25.C5H5NO5.Na.H2O4S.H2O/c1-3-5-7-9-11-12-10-8-6-4-2;7-2-6-3(5(10)11)1-4(8)9;;1-5(2,3)4;/h1,3-12H2,2H3;3H,1H2,(H,8,9)(H,10,11);;(H2,1,2,3,4);1H2. The fraction of sp³-hybridized carbons (Fsp3) is 0.824. The van der Waals surface area contributed by atoms with Gasteiger partial charge in [-0.15, -0.1) is 0 Å². The van der Waals surface area contributed by atoms with Crippen LogP contribution in [0.15, 0.2) is 4.99 Å². The molecule has 0 aliphatic carbocycles. The summed E-state index contributed by atoms with van der Waals surface area (Å²) in [7, 11) is -4.67. The maximum atomic E-state index is 10.1. The van der Waals surface area contributed by atoms with Crippen molar-refractivity contribution in [3.8, 4) is 0 Å². The van der Waals surface area contributed by atoms with E-state index in [0.29, 0.717) is 0 Å². The van der Waals surface area contributed by atoms with Crippen molar-refractivity contribution in [1.82, 2.24) is 0 Å². The molecular weight excluding hydrogens is 433 g/mol. The van der Waals surface area contributed by atoms with Crippen LogP contribution in [0.4, 0.5) is 0 Å². The Morgan fingerprint density at radius 1 is 0.933 bits per heavy atom. The van der Waals surface area contributed by atoms with Crippen molar-refractivity contribution >= 4 is 56.3 Å². The number of rotatable bonds is 14. The number of aliphatic imine (C=N–C) groups is 1. The molecule has 0 radical (unpaired) electrons. The predicted molar refractivity (Wildman–Crippen MR) is 112 cm³/mol. The van der Waals surface area contributed by atoms with Gasteiger partial charge in [-0.3, -0.25) is 13.9 Å². The van der Waals surface area contributed by atoms with Crippen LogP contribution in [0.3, 0.4) is 0 Å². The van der Waals surface area contributed by atoms with E-state index in [1.807, 2.05) is 0 Å². The fourth-order valence-corrected chi connectivity index (χ4v) is 2.65. The molecule has 174 valence electrons. The van der Waals surface area contributed by atoms with Gasteiger partial charge in [-0.05, 0) is 0 Å². The number of hydrogen-bond donors (Lipinski definition) is 4. The summed E-state index contributed by atoms with van der Waals surface area (Å²) in [4.78, 5) is 32.4. The van der Waals surface area contributed by atoms with Gasteiger partial charge < -0.3 is 15.7 Å². The largest absolute Gasteiger partial charge is 0.481 e. The van der Waals surface area contributed by atoms with Crippen LogP contribution < -0.4 is 0 Å². The SMILES string of the molecule is CCCCCCCCCCC[CH2][Na].O.O=C=NC(CC(=O)O)C(=O)O.O=S(=O)(O)O. The van der Waals surface area contributed by atoms with Gasteiger partial charge in [-0.1, -0.05) is 0 Å². The number of unbranched alkanes of at least 4 members (excludes halogenated alkanes) is 9. The average molecular weight is 468 g/mol. The Bertz CT molecular complexity index is 545. The molecule has 6 N–H and O–H groups in total. The topological polar surface area (TPSA) is 210 Å². The van der Waals surface area contributed by atoms with E-state index >= 15 is 0 Å². The summed E-state index contributed by atoms with van der Waals surface area (Å²) in [6.07, 6.45) is 15.0. The van der Waals surface area contributed by atoms with Crippen molar-refractivity contribution in [2.75, 3.05) is 0 Å². The Balaban J connectivity index is -0.000000181. The van der Waals surface area contributed by atoms with Gasteiger partial charge in [-0.25, -0.2) is 9.59 Å². The Hall–Kier alpha value is -0.850. The molecule has 13 heteroatoms. The zero-order chi connectivity index (χ0) is 23.1. The molecule has 0 rings (SSSR count). The molecule has 0 saturated heterocycles. The molecule has 0 amide bonds. The van der Waals surface area contributed by atoms with Crippen molar-refractivity contribution in [3.63, 3.8) is 0 Å². The summed E-state index contributed by atoms with van der Waals surface area (Å²) in [5, 5.41) is 16.3. The van der Waals surface area contributed by atoms with Crippen molar-refractivity contribution < 1.29 is 47.6 Å². The van der Waals surface area contributed by atoms with Crippen LogP contribution in [-0.2, 0) is 24.8 Å². The van der Waals surface area contributed by atoms with Crippen molar-refractivity contribution in [2.24, 2.45) is 4.99 Å². The number of carbonyl (C=O) groups excluding carboxylic acids is 1. The first kappa shape index (κ1) is 36.5. The first-order valence-corrected chi connectivity index (χ1v) is 12.5. The van der Waals surface area contributed by atoms with Gasteiger partial charge in [-0.2, -0.15) is 13.4 Å². The van der Waals surface area contributed by atoms with Crippen LogP contribution in [0.25, 0.3) is 0 Å². The van der Waals surface area contributed by atoms with Gasteiger partial charge >= 0.3 is 125 Å². The van der Waals surface area contributed by atoms with E-state index in [2.05, 4.69) is 11.9 Å². The van der Waals surface area contributed by atoms with Gasteiger partial charge in [0.1, 0.15) is 0 Å². The number of carboxylic acids is 2. The van der Waals surface area contributed by atoms with E-state index in [9.17, 15) is 14.4 Å². The van der Waals surface area contributed by atoms with Crippen LogP contribution in [-0.4, -0.2) is 85.2 Å². The quantitative estimate of drug-likeness (QED) is 0.0968. The van der Waals surface area contributed by atoms with Crippen molar-refractivity contribution in [2.45, 2.75) is 87.3 Å². The molecule has 0 aromatic rings. The van der Waals surface area contributed by atoms with E-state index < -0.39 is 34.8 Å². The summed E-state index contributed by atoms with van der Waals surface area (Å²) in [5.41, 5.74) is 0. The first-order chi connectivity index (χ1) is 13.5. The Kier molecular flexibility index (Phi) is 31.9. The molecule has 1 atom stereocenters. The first-order valence-electron chi connectivity index (χ1n) is 9.70. The van der Waals surface area contributed by atoms with Gasteiger partial charge in [0.2, 0.25) is 6.08 Å². The maximum absolute atomic E-state index is 10.1. The molecule has 30 heavy (non-hydrogen) atoms. The molecule has 0 saturated carbocycles. The second-order valence-corrected chi connectivity index (χ2v) is 8.20. The average Bonchev–Trinajstić information content (AvgIpc) is 2.59. The molecule has 1 unspecified atom stereocenters. The van der Waals surface area contributed by atoms with Crippen LogP contribution in [0.5, 0.6) is 0 Å². The molecule has 0 aliphatic heterocycles. The normalized spacial score (nSPS) is 10.7. The summed E-state index contributed by atoms with van der Waals surface area (Å²) in [5.74, 6) is -2.77. The fourth-order valence-electron chi connectivity index (χ4n) is 2.15. The Labute approximate surface area is 195 Å². The van der Waals surface area contributed by atoms with E-state index in [0.717, 1.165) is 6.08 Å². The molecular formula is C17H34NNaO10S. The smallest absolute Gasteiger partial charge is 0.394 e. The summed E-state index contributed by atoms with van der Waals surface area (Å²) in [6.45, 7) is 2.29. The van der Waals surface area contributed by atoms with Gasteiger partial charge in [0.15, 0.2) is 6.04 Å². The molecule has 0 aromatic carbocycles. The van der Waals surface area contributed by atoms with E-state index in [-0.39, 0.29) is 5.48 Å². The zero-order valence-electron chi connectivity index (χ0n) is 17.7. The minimum absolute atomic E-state index is 0. The minimum Gasteiger partial charge on any atom is -0.481 e. The van der Waals surface area contributed by atoms with Crippen LogP contribution in [0, 0.1) is 0 Å². The third-order valence-corrected chi connectivity index (χ3v) is 4.28. The number of hydrogen-bond acceptors (Lipinski definition) is 6. The van der Waals surface area contributed by atoms with Crippen molar-refractivity contribution in [1.29, 1.82) is 0 Å². The van der Waals surface area contributed by atoms with E-state index in [1.54, 1.807) is 0 Å². The summed E-state index contributed by atoms with van der Waals surface area (Å²) >= 11 is 1.41. The third-order valence-electron chi connectivity index (χ3n) is 3.57. The molecule has 0 aliphatic rings. The number of carbonyl (C=O) groups is 2. The second kappa shape index (κ2) is 26.2. The number of aliphatic carboxylic acids is 2. The zero-order valence-corrected chi connectivity index (χ0v) is 20.6. The monoisotopic (exact) mass is 467 g/mol. The predicted octanol–water partition coefficient (Wildman–Crippen LogP) is 2.27. The molecule has 0 spiro atoms. The van der Waals surface area contributed by atoms with Crippen LogP contribution >= 0.6 is 0 Å². The molecule has 0 bridgehead atoms. The number of carboxylic acid groups (broad SMARTS) is 2. The molecule has 11 nitrogen and oxygen atoms in total. The third kappa shape index (κ3) is 45.7. The minimum atomic E-state index is -4.67. The van der Waals surface area contributed by atoms with Gasteiger partial charge in [0, 0.05) is 0 Å². The number of nitrogens with zero attached hydrogens (tertiary/aromatic N) is 1. The maximum Gasteiger partial charge on any atom is 0.394 e. The van der Waals surface area contributed by atoms with E-state index in [1.165, 1.54) is 95.8 Å². The molecule has 0 fully saturated rings. The number of isocyanates is 1. The second-order valence-electron chi connectivity index (χ2n) is 6.30. The Morgan fingerprint density at radius 2 is 1.30 bits per heavy atom. The van der Waals surface area contributed by atoms with E-state index in [4.69, 9.17) is 27.7 Å². The molecule has 0 aromatic heterocycles. The Morgan fingerprint density at radius 3 is 1.57 bits per heavy atom. The van der Waals surface area contributed by atoms with Crippen molar-refractivity contribution in [3.05, 3.63) is 0 Å². The summed E-state index contributed by atoms with van der Waals surface area (Å²) in [6, 6.07) is -1.52. The van der Waals surface area contributed by atoms with Gasteiger partial charge in [0.25, 0.3) is 0 Å². The summed E-state index contributed by atoms with van der Waals surface area (Å²) < 4.78 is 33.1. The van der Waals surface area contributed by atoms with Crippen LogP contribution in [0.1, 0.15) is 77.6 Å². The van der Waals surface area contributed by atoms with Crippen LogP contribution in [0.2, 0.25) is 3.67 Å². The molecule has 0 heterocycles.